The second-order valence-corrected chi connectivity index (χ2v) is 6.42. The van der Waals surface area contributed by atoms with Crippen LogP contribution in [0.5, 0.6) is 0 Å². The molecule has 0 N–H and O–H groups in total. The van der Waals surface area contributed by atoms with Gasteiger partial charge < -0.3 is 9.31 Å². The lowest BCUT2D eigenvalue weighted by Crippen LogP contribution is -2.41. The van der Waals surface area contributed by atoms with Crippen molar-refractivity contribution < 1.29 is 22.5 Å². The fourth-order valence-electron chi connectivity index (χ4n) is 2.35. The van der Waals surface area contributed by atoms with Crippen LogP contribution in [0.4, 0.5) is 13.2 Å². The molecule has 0 atom stereocenters. The van der Waals surface area contributed by atoms with E-state index in [4.69, 9.17) is 9.31 Å². The van der Waals surface area contributed by atoms with Crippen molar-refractivity contribution >= 4 is 18.1 Å². The highest BCUT2D eigenvalue weighted by Crippen LogP contribution is 2.36. The number of alkyl halides is 3. The molecule has 0 radical (unpaired) electrons. The van der Waals surface area contributed by atoms with Crippen LogP contribution in [0.15, 0.2) is 24.5 Å². The standard InChI is InChI=1S/C14H16BF3N2O2/c1-12(2)13(3,4)22-15(21-12)9-5-6-20-10(7-9)8-19-11(20)14(16,17)18/h5-8H,1-4H3. The van der Waals surface area contributed by atoms with Crippen molar-refractivity contribution in [3.63, 3.8) is 0 Å². The zero-order chi connectivity index (χ0) is 16.3. The number of halogens is 3. The quantitative estimate of drug-likeness (QED) is 0.760. The molecule has 0 saturated carbocycles. The smallest absolute Gasteiger partial charge is 0.399 e. The van der Waals surface area contributed by atoms with E-state index >= 15 is 0 Å². The van der Waals surface area contributed by atoms with Crippen molar-refractivity contribution in [3.8, 4) is 0 Å². The fraction of sp³-hybridized carbons (Fsp3) is 0.500. The van der Waals surface area contributed by atoms with E-state index < -0.39 is 30.3 Å². The Bertz CT molecular complexity index is 708. The third-order valence-corrected chi connectivity index (χ3v) is 4.34. The van der Waals surface area contributed by atoms with Gasteiger partial charge in [-0.1, -0.05) is 0 Å². The molecule has 0 aromatic carbocycles. The third kappa shape index (κ3) is 2.30. The summed E-state index contributed by atoms with van der Waals surface area (Å²) in [6.07, 6.45) is -1.96. The Balaban J connectivity index is 1.98. The van der Waals surface area contributed by atoms with Crippen LogP contribution in [-0.4, -0.2) is 27.7 Å². The van der Waals surface area contributed by atoms with Gasteiger partial charge in [0.1, 0.15) is 0 Å². The average Bonchev–Trinajstić information content (AvgIpc) is 2.87. The average molecular weight is 312 g/mol. The summed E-state index contributed by atoms with van der Waals surface area (Å²) in [7, 11) is -0.612. The summed E-state index contributed by atoms with van der Waals surface area (Å²) in [5, 5.41) is 0. The molecule has 0 bridgehead atoms. The van der Waals surface area contributed by atoms with E-state index in [0.29, 0.717) is 11.0 Å². The van der Waals surface area contributed by atoms with Crippen LogP contribution in [0.3, 0.4) is 0 Å². The Morgan fingerprint density at radius 2 is 1.73 bits per heavy atom. The van der Waals surface area contributed by atoms with Gasteiger partial charge in [-0.05, 0) is 45.3 Å². The first-order chi connectivity index (χ1) is 10.0. The van der Waals surface area contributed by atoms with Crippen LogP contribution in [0.25, 0.3) is 5.52 Å². The molecule has 3 heterocycles. The number of nitrogens with zero attached hydrogens (tertiary/aromatic N) is 2. The van der Waals surface area contributed by atoms with E-state index in [9.17, 15) is 13.2 Å². The van der Waals surface area contributed by atoms with Gasteiger partial charge in [-0.3, -0.25) is 4.40 Å². The molecule has 0 unspecified atom stereocenters. The molecule has 4 nitrogen and oxygen atoms in total. The number of hydrogen-bond acceptors (Lipinski definition) is 3. The Morgan fingerprint density at radius 3 is 2.27 bits per heavy atom. The minimum absolute atomic E-state index is 0.347. The summed E-state index contributed by atoms with van der Waals surface area (Å²) in [5.41, 5.74) is 0.0156. The van der Waals surface area contributed by atoms with Gasteiger partial charge in [-0.15, -0.1) is 0 Å². The van der Waals surface area contributed by atoms with Gasteiger partial charge in [-0.2, -0.15) is 13.2 Å². The topological polar surface area (TPSA) is 35.8 Å². The largest absolute Gasteiger partial charge is 0.494 e. The normalized spacial score (nSPS) is 20.8. The molecular weight excluding hydrogens is 296 g/mol. The summed E-state index contributed by atoms with van der Waals surface area (Å²) in [6.45, 7) is 7.69. The minimum atomic E-state index is -4.49. The van der Waals surface area contributed by atoms with Gasteiger partial charge in [0.15, 0.2) is 0 Å². The molecule has 2 aromatic rings. The summed E-state index contributed by atoms with van der Waals surface area (Å²) in [5.74, 6) is -0.942. The molecular formula is C14H16BF3N2O2. The van der Waals surface area contributed by atoms with Crippen molar-refractivity contribution in [2.45, 2.75) is 45.1 Å². The van der Waals surface area contributed by atoms with E-state index in [2.05, 4.69) is 4.98 Å². The predicted molar refractivity (Wildman–Crippen MR) is 75.9 cm³/mol. The highest BCUT2D eigenvalue weighted by Gasteiger charge is 2.51. The monoisotopic (exact) mass is 312 g/mol. The molecule has 3 rings (SSSR count). The maximum Gasteiger partial charge on any atom is 0.494 e. The number of rotatable bonds is 1. The Hall–Kier alpha value is -1.54. The van der Waals surface area contributed by atoms with Gasteiger partial charge in [0.2, 0.25) is 5.82 Å². The summed E-state index contributed by atoms with van der Waals surface area (Å²) >= 11 is 0. The number of aromatic nitrogens is 2. The molecule has 8 heteroatoms. The Morgan fingerprint density at radius 1 is 1.14 bits per heavy atom. The van der Waals surface area contributed by atoms with Gasteiger partial charge in [0, 0.05) is 6.20 Å². The first-order valence-electron chi connectivity index (χ1n) is 6.91. The predicted octanol–water partition coefficient (Wildman–Crippen LogP) is 2.65. The maximum atomic E-state index is 12.8. The second kappa shape index (κ2) is 4.49. The van der Waals surface area contributed by atoms with Crippen LogP contribution >= 0.6 is 0 Å². The van der Waals surface area contributed by atoms with E-state index in [1.165, 1.54) is 12.4 Å². The Kier molecular flexibility index (Phi) is 3.13. The molecule has 1 saturated heterocycles. The molecule has 2 aromatic heterocycles. The molecule has 0 amide bonds. The zero-order valence-electron chi connectivity index (χ0n) is 12.7. The lowest BCUT2D eigenvalue weighted by Gasteiger charge is -2.32. The highest BCUT2D eigenvalue weighted by molar-refractivity contribution is 6.62. The van der Waals surface area contributed by atoms with Gasteiger partial charge >= 0.3 is 13.3 Å². The van der Waals surface area contributed by atoms with Crippen molar-refractivity contribution in [2.75, 3.05) is 0 Å². The molecule has 1 aliphatic rings. The van der Waals surface area contributed by atoms with E-state index in [1.54, 1.807) is 12.1 Å². The Labute approximate surface area is 126 Å². The highest BCUT2D eigenvalue weighted by atomic mass is 19.4. The molecule has 118 valence electrons. The molecule has 0 aliphatic carbocycles. The van der Waals surface area contributed by atoms with Gasteiger partial charge in [-0.25, -0.2) is 4.98 Å². The number of pyridine rings is 1. The van der Waals surface area contributed by atoms with Crippen LogP contribution in [0.1, 0.15) is 33.5 Å². The zero-order valence-corrected chi connectivity index (χ0v) is 12.7. The van der Waals surface area contributed by atoms with Crippen molar-refractivity contribution in [3.05, 3.63) is 30.4 Å². The van der Waals surface area contributed by atoms with Crippen LogP contribution in [0, 0.1) is 0 Å². The van der Waals surface area contributed by atoms with Crippen LogP contribution in [-0.2, 0) is 15.5 Å². The minimum Gasteiger partial charge on any atom is -0.399 e. The molecule has 1 aliphatic heterocycles. The van der Waals surface area contributed by atoms with Crippen LogP contribution in [0.2, 0.25) is 0 Å². The summed E-state index contributed by atoms with van der Waals surface area (Å²) in [6, 6.07) is 3.16. The van der Waals surface area contributed by atoms with Crippen molar-refractivity contribution in [1.29, 1.82) is 0 Å². The van der Waals surface area contributed by atoms with E-state index in [1.807, 2.05) is 27.7 Å². The van der Waals surface area contributed by atoms with E-state index in [-0.39, 0.29) is 0 Å². The second-order valence-electron chi connectivity index (χ2n) is 6.42. The lowest BCUT2D eigenvalue weighted by atomic mass is 9.79. The fourth-order valence-corrected chi connectivity index (χ4v) is 2.35. The van der Waals surface area contributed by atoms with Gasteiger partial charge in [0.05, 0.1) is 22.9 Å². The number of imidazole rings is 1. The first-order valence-corrected chi connectivity index (χ1v) is 6.91. The van der Waals surface area contributed by atoms with Crippen molar-refractivity contribution in [2.24, 2.45) is 0 Å². The maximum absolute atomic E-state index is 12.8. The molecule has 22 heavy (non-hydrogen) atoms. The van der Waals surface area contributed by atoms with E-state index in [0.717, 1.165) is 4.40 Å². The molecule has 1 fully saturated rings. The third-order valence-electron chi connectivity index (χ3n) is 4.34. The lowest BCUT2D eigenvalue weighted by molar-refractivity contribution is -0.145. The van der Waals surface area contributed by atoms with Crippen LogP contribution < -0.4 is 5.46 Å². The number of hydrogen-bond donors (Lipinski definition) is 0. The summed E-state index contributed by atoms with van der Waals surface area (Å²) < 4.78 is 51.3. The summed E-state index contributed by atoms with van der Waals surface area (Å²) in [4.78, 5) is 3.45. The number of fused-ring (bicyclic) bond motifs is 1. The van der Waals surface area contributed by atoms with Gasteiger partial charge in [0.25, 0.3) is 0 Å². The first kappa shape index (κ1) is 15.4. The molecule has 0 spiro atoms. The SMILES string of the molecule is CC1(C)OB(c2ccn3c(C(F)(F)F)ncc3c2)OC1(C)C. The van der Waals surface area contributed by atoms with Crippen molar-refractivity contribution in [1.82, 2.24) is 9.38 Å².